The summed E-state index contributed by atoms with van der Waals surface area (Å²) in [4.78, 5) is 14.9. The number of piperidine rings is 1. The predicted octanol–water partition coefficient (Wildman–Crippen LogP) is 3.88. The number of likely N-dealkylation sites (tertiary alicyclic amines) is 1. The second-order valence-electron chi connectivity index (χ2n) is 5.70. The van der Waals surface area contributed by atoms with Gasteiger partial charge < -0.3 is 9.47 Å². The minimum atomic E-state index is 0.176. The number of nitrogens with zero attached hydrogens (tertiary/aromatic N) is 2. The van der Waals surface area contributed by atoms with Gasteiger partial charge in [0, 0.05) is 36.2 Å². The molecule has 0 bridgehead atoms. The van der Waals surface area contributed by atoms with Crippen molar-refractivity contribution >= 4 is 5.91 Å². The first-order valence-corrected chi connectivity index (χ1v) is 7.84. The van der Waals surface area contributed by atoms with E-state index < -0.39 is 0 Å². The lowest BCUT2D eigenvalue weighted by Gasteiger charge is -2.35. The second-order valence-corrected chi connectivity index (χ2v) is 5.70. The molecule has 21 heavy (non-hydrogen) atoms. The zero-order valence-electron chi connectivity index (χ0n) is 12.5. The molecule has 0 spiro atoms. The highest BCUT2D eigenvalue weighted by atomic mass is 16.2. The first kappa shape index (κ1) is 13.9. The highest BCUT2D eigenvalue weighted by molar-refractivity contribution is 5.95. The van der Waals surface area contributed by atoms with Gasteiger partial charge in [-0.25, -0.2) is 0 Å². The van der Waals surface area contributed by atoms with Gasteiger partial charge in [0.05, 0.1) is 0 Å². The van der Waals surface area contributed by atoms with E-state index >= 15 is 0 Å². The topological polar surface area (TPSA) is 25.2 Å². The predicted molar refractivity (Wildman–Crippen MR) is 84.7 cm³/mol. The van der Waals surface area contributed by atoms with Crippen LogP contribution >= 0.6 is 0 Å². The monoisotopic (exact) mass is 282 g/mol. The van der Waals surface area contributed by atoms with Crippen LogP contribution in [0.25, 0.3) is 5.69 Å². The van der Waals surface area contributed by atoms with Gasteiger partial charge in [-0.05, 0) is 56.0 Å². The Labute approximate surface area is 126 Å². The van der Waals surface area contributed by atoms with Crippen LogP contribution in [0, 0.1) is 0 Å². The molecule has 0 saturated carbocycles. The maximum absolute atomic E-state index is 12.8. The number of hydrogen-bond donors (Lipinski definition) is 0. The summed E-state index contributed by atoms with van der Waals surface area (Å²) < 4.78 is 2.03. The van der Waals surface area contributed by atoms with Crippen molar-refractivity contribution in [2.24, 2.45) is 0 Å². The molecule has 2 heterocycles. The molecule has 1 aliphatic heterocycles. The molecule has 3 rings (SSSR count). The molecule has 1 atom stereocenters. The number of aromatic nitrogens is 1. The Balaban J connectivity index is 1.86. The average Bonchev–Trinajstić information content (AvgIpc) is 3.09. The smallest absolute Gasteiger partial charge is 0.254 e. The standard InChI is InChI=1S/C18H22N2O/c1-2-16-9-3-4-13-20(16)18(21)15-8-7-10-17(14-15)19-11-5-6-12-19/h5-8,10-12,14,16H,2-4,9,13H2,1H3. The lowest BCUT2D eigenvalue weighted by molar-refractivity contribution is 0.0608. The molecule has 3 heteroatoms. The van der Waals surface area contributed by atoms with Crippen molar-refractivity contribution in [3.63, 3.8) is 0 Å². The number of carbonyl (C=O) groups is 1. The fourth-order valence-electron chi connectivity index (χ4n) is 3.16. The van der Waals surface area contributed by atoms with Crippen LogP contribution in [-0.2, 0) is 0 Å². The zero-order chi connectivity index (χ0) is 14.7. The normalized spacial score (nSPS) is 18.7. The second kappa shape index (κ2) is 6.17. The van der Waals surface area contributed by atoms with Crippen LogP contribution in [0.1, 0.15) is 43.0 Å². The number of carbonyl (C=O) groups excluding carboxylic acids is 1. The van der Waals surface area contributed by atoms with E-state index in [1.807, 2.05) is 53.4 Å². The zero-order valence-corrected chi connectivity index (χ0v) is 12.5. The maximum Gasteiger partial charge on any atom is 0.254 e. The molecule has 110 valence electrons. The summed E-state index contributed by atoms with van der Waals surface area (Å²) in [5, 5.41) is 0. The van der Waals surface area contributed by atoms with E-state index in [9.17, 15) is 4.79 Å². The number of amides is 1. The van der Waals surface area contributed by atoms with Gasteiger partial charge in [0.25, 0.3) is 5.91 Å². The van der Waals surface area contributed by atoms with Crippen molar-refractivity contribution in [2.45, 2.75) is 38.6 Å². The third-order valence-corrected chi connectivity index (χ3v) is 4.35. The highest BCUT2D eigenvalue weighted by Crippen LogP contribution is 2.22. The molecule has 2 aromatic rings. The van der Waals surface area contributed by atoms with E-state index in [2.05, 4.69) is 11.8 Å². The molecule has 1 unspecified atom stereocenters. The Morgan fingerprint density at radius 1 is 1.19 bits per heavy atom. The van der Waals surface area contributed by atoms with Crippen molar-refractivity contribution in [3.8, 4) is 5.69 Å². The fraction of sp³-hybridized carbons (Fsp3) is 0.389. The molecular formula is C18H22N2O. The van der Waals surface area contributed by atoms with Crippen LogP contribution in [0.3, 0.4) is 0 Å². The van der Waals surface area contributed by atoms with Crippen LogP contribution in [0.4, 0.5) is 0 Å². The third kappa shape index (κ3) is 2.87. The first-order valence-electron chi connectivity index (χ1n) is 7.84. The number of benzene rings is 1. The van der Waals surface area contributed by atoms with Gasteiger partial charge in [0.2, 0.25) is 0 Å². The van der Waals surface area contributed by atoms with Gasteiger partial charge in [-0.15, -0.1) is 0 Å². The number of hydrogen-bond acceptors (Lipinski definition) is 1. The number of rotatable bonds is 3. The molecule has 0 radical (unpaired) electrons. The molecular weight excluding hydrogens is 260 g/mol. The van der Waals surface area contributed by atoms with Crippen LogP contribution in [0.5, 0.6) is 0 Å². The Morgan fingerprint density at radius 2 is 2.00 bits per heavy atom. The molecule has 0 aliphatic carbocycles. The highest BCUT2D eigenvalue weighted by Gasteiger charge is 2.26. The largest absolute Gasteiger partial charge is 0.336 e. The summed E-state index contributed by atoms with van der Waals surface area (Å²) in [5.41, 5.74) is 1.83. The van der Waals surface area contributed by atoms with Crippen molar-refractivity contribution in [1.82, 2.24) is 9.47 Å². The summed E-state index contributed by atoms with van der Waals surface area (Å²) in [6.07, 6.45) is 8.55. The van der Waals surface area contributed by atoms with E-state index in [-0.39, 0.29) is 5.91 Å². The fourth-order valence-corrected chi connectivity index (χ4v) is 3.16. The van der Waals surface area contributed by atoms with E-state index in [0.29, 0.717) is 6.04 Å². The summed E-state index contributed by atoms with van der Waals surface area (Å²) in [6.45, 7) is 3.07. The third-order valence-electron chi connectivity index (χ3n) is 4.35. The Kier molecular flexibility index (Phi) is 4.09. The summed E-state index contributed by atoms with van der Waals surface area (Å²) in [7, 11) is 0. The van der Waals surface area contributed by atoms with Crippen molar-refractivity contribution in [1.29, 1.82) is 0 Å². The van der Waals surface area contributed by atoms with E-state index in [0.717, 1.165) is 37.1 Å². The van der Waals surface area contributed by atoms with E-state index in [4.69, 9.17) is 0 Å². The molecule has 1 aliphatic rings. The van der Waals surface area contributed by atoms with E-state index in [1.165, 1.54) is 6.42 Å². The summed E-state index contributed by atoms with van der Waals surface area (Å²) in [5.74, 6) is 0.176. The molecule has 1 aromatic heterocycles. The molecule has 0 N–H and O–H groups in total. The summed E-state index contributed by atoms with van der Waals surface area (Å²) >= 11 is 0. The molecule has 1 aromatic carbocycles. The van der Waals surface area contributed by atoms with Crippen LogP contribution in [0.15, 0.2) is 48.8 Å². The Bertz CT molecular complexity index is 603. The van der Waals surface area contributed by atoms with Crippen molar-refractivity contribution in [3.05, 3.63) is 54.4 Å². The van der Waals surface area contributed by atoms with Crippen LogP contribution in [-0.4, -0.2) is 28.0 Å². The van der Waals surface area contributed by atoms with Crippen molar-refractivity contribution in [2.75, 3.05) is 6.54 Å². The van der Waals surface area contributed by atoms with Gasteiger partial charge in [-0.2, -0.15) is 0 Å². The lowest BCUT2D eigenvalue weighted by atomic mass is 9.99. The van der Waals surface area contributed by atoms with E-state index in [1.54, 1.807) is 0 Å². The van der Waals surface area contributed by atoms with Crippen molar-refractivity contribution < 1.29 is 4.79 Å². The molecule has 1 fully saturated rings. The SMILES string of the molecule is CCC1CCCCN1C(=O)c1cccc(-n2cccc2)c1. The van der Waals surface area contributed by atoms with Crippen LogP contribution in [0.2, 0.25) is 0 Å². The lowest BCUT2D eigenvalue weighted by Crippen LogP contribution is -2.43. The van der Waals surface area contributed by atoms with Gasteiger partial charge in [-0.1, -0.05) is 13.0 Å². The molecule has 3 nitrogen and oxygen atoms in total. The minimum absolute atomic E-state index is 0.176. The Morgan fingerprint density at radius 3 is 2.76 bits per heavy atom. The average molecular weight is 282 g/mol. The quantitative estimate of drug-likeness (QED) is 0.838. The summed E-state index contributed by atoms with van der Waals surface area (Å²) in [6, 6.07) is 12.3. The van der Waals surface area contributed by atoms with Gasteiger partial charge in [-0.3, -0.25) is 4.79 Å². The maximum atomic E-state index is 12.8. The van der Waals surface area contributed by atoms with Crippen LogP contribution < -0.4 is 0 Å². The van der Waals surface area contributed by atoms with Gasteiger partial charge in [0.15, 0.2) is 0 Å². The minimum Gasteiger partial charge on any atom is -0.336 e. The molecule has 1 saturated heterocycles. The van der Waals surface area contributed by atoms with Gasteiger partial charge >= 0.3 is 0 Å². The first-order chi connectivity index (χ1) is 10.3. The Hall–Kier alpha value is -2.03. The van der Waals surface area contributed by atoms with Gasteiger partial charge in [0.1, 0.15) is 0 Å². The molecule has 1 amide bonds.